The molecule has 0 spiro atoms. The lowest BCUT2D eigenvalue weighted by Gasteiger charge is -2.08. The smallest absolute Gasteiger partial charge is 0.238 e. The fraction of sp³-hybridized carbons (Fsp3) is 0.0588. The molecule has 0 fully saturated rings. The van der Waals surface area contributed by atoms with Gasteiger partial charge in [0.1, 0.15) is 11.5 Å². The van der Waals surface area contributed by atoms with E-state index in [-0.39, 0.29) is 4.90 Å². The SMILES string of the molecule is CC#Cc1nccc2cnc(Nc3ccc(S(N)(=O)=O)cc3)cc12. The molecule has 3 rings (SSSR count). The Morgan fingerprint density at radius 3 is 2.54 bits per heavy atom. The van der Waals surface area contributed by atoms with E-state index in [4.69, 9.17) is 5.14 Å². The van der Waals surface area contributed by atoms with E-state index >= 15 is 0 Å². The van der Waals surface area contributed by atoms with Gasteiger partial charge in [0.05, 0.1) is 4.90 Å². The topological polar surface area (TPSA) is 98.0 Å². The third-order valence-corrected chi connectivity index (χ3v) is 4.28. The van der Waals surface area contributed by atoms with Crippen LogP contribution in [0.5, 0.6) is 0 Å². The van der Waals surface area contributed by atoms with Crippen LogP contribution in [0.4, 0.5) is 11.5 Å². The summed E-state index contributed by atoms with van der Waals surface area (Å²) in [6, 6.07) is 9.86. The Bertz CT molecular complexity index is 1070. The van der Waals surface area contributed by atoms with Gasteiger partial charge in [0, 0.05) is 28.9 Å². The van der Waals surface area contributed by atoms with E-state index < -0.39 is 10.0 Å². The maximum absolute atomic E-state index is 11.3. The lowest BCUT2D eigenvalue weighted by molar-refractivity contribution is 0.598. The number of hydrogen-bond acceptors (Lipinski definition) is 5. The lowest BCUT2D eigenvalue weighted by Crippen LogP contribution is -2.11. The summed E-state index contributed by atoms with van der Waals surface area (Å²) in [4.78, 5) is 8.68. The minimum atomic E-state index is -3.70. The highest BCUT2D eigenvalue weighted by molar-refractivity contribution is 7.89. The summed E-state index contributed by atoms with van der Waals surface area (Å²) in [6.45, 7) is 1.76. The first kappa shape index (κ1) is 15.9. The van der Waals surface area contributed by atoms with Crippen molar-refractivity contribution < 1.29 is 8.42 Å². The highest BCUT2D eigenvalue weighted by Gasteiger charge is 2.07. The van der Waals surface area contributed by atoms with Gasteiger partial charge in [-0.05, 0) is 49.2 Å². The van der Waals surface area contributed by atoms with Crippen LogP contribution in [0.1, 0.15) is 12.6 Å². The molecule has 0 aliphatic carbocycles. The van der Waals surface area contributed by atoms with Crippen molar-refractivity contribution in [1.82, 2.24) is 9.97 Å². The molecule has 0 aliphatic heterocycles. The van der Waals surface area contributed by atoms with Crippen LogP contribution in [0.25, 0.3) is 10.8 Å². The average molecular weight is 338 g/mol. The number of primary sulfonamides is 1. The van der Waals surface area contributed by atoms with Crippen molar-refractivity contribution in [1.29, 1.82) is 0 Å². The maximum Gasteiger partial charge on any atom is 0.238 e. The van der Waals surface area contributed by atoms with Gasteiger partial charge in [-0.1, -0.05) is 5.92 Å². The van der Waals surface area contributed by atoms with E-state index in [0.29, 0.717) is 17.2 Å². The normalized spacial score (nSPS) is 10.9. The van der Waals surface area contributed by atoms with E-state index in [2.05, 4.69) is 27.1 Å². The third-order valence-electron chi connectivity index (χ3n) is 3.35. The summed E-state index contributed by atoms with van der Waals surface area (Å²) in [5.41, 5.74) is 1.38. The molecule has 7 heteroatoms. The molecule has 3 aromatic rings. The molecule has 0 saturated heterocycles. The fourth-order valence-corrected chi connectivity index (χ4v) is 2.74. The quantitative estimate of drug-likeness (QED) is 0.715. The van der Waals surface area contributed by atoms with Crippen molar-refractivity contribution in [3.8, 4) is 11.8 Å². The molecular formula is C17H14N4O2S. The van der Waals surface area contributed by atoms with Gasteiger partial charge in [-0.2, -0.15) is 0 Å². The van der Waals surface area contributed by atoms with Crippen LogP contribution in [-0.4, -0.2) is 18.4 Å². The van der Waals surface area contributed by atoms with E-state index in [1.165, 1.54) is 12.1 Å². The Labute approximate surface area is 139 Å². The molecule has 24 heavy (non-hydrogen) atoms. The van der Waals surface area contributed by atoms with Crippen molar-refractivity contribution in [2.24, 2.45) is 5.14 Å². The molecule has 0 amide bonds. The van der Waals surface area contributed by atoms with Crippen LogP contribution in [-0.2, 0) is 10.0 Å². The Balaban J connectivity index is 1.95. The number of aromatic nitrogens is 2. The number of sulfonamides is 1. The molecule has 0 unspecified atom stereocenters. The lowest BCUT2D eigenvalue weighted by atomic mass is 10.1. The summed E-state index contributed by atoms with van der Waals surface area (Å²) in [5, 5.41) is 10.0. The molecule has 0 aliphatic rings. The number of fused-ring (bicyclic) bond motifs is 1. The van der Waals surface area contributed by atoms with Gasteiger partial charge in [0.25, 0.3) is 0 Å². The average Bonchev–Trinajstić information content (AvgIpc) is 2.55. The Kier molecular flexibility index (Phi) is 4.16. The Morgan fingerprint density at radius 1 is 1.12 bits per heavy atom. The van der Waals surface area contributed by atoms with Gasteiger partial charge in [-0.3, -0.25) is 0 Å². The van der Waals surface area contributed by atoms with Gasteiger partial charge in [0.15, 0.2) is 0 Å². The third kappa shape index (κ3) is 3.35. The molecule has 0 radical (unpaired) electrons. The molecule has 6 nitrogen and oxygen atoms in total. The van der Waals surface area contributed by atoms with Crippen molar-refractivity contribution in [3.05, 3.63) is 54.5 Å². The second kappa shape index (κ2) is 6.28. The summed E-state index contributed by atoms with van der Waals surface area (Å²) in [7, 11) is -3.70. The summed E-state index contributed by atoms with van der Waals surface area (Å²) in [5.74, 6) is 6.42. The van der Waals surface area contributed by atoms with Crippen LogP contribution in [0.3, 0.4) is 0 Å². The number of benzene rings is 1. The zero-order valence-electron chi connectivity index (χ0n) is 12.8. The molecule has 2 aromatic heterocycles. The summed E-state index contributed by atoms with van der Waals surface area (Å²) in [6.07, 6.45) is 3.43. The Morgan fingerprint density at radius 2 is 1.88 bits per heavy atom. The van der Waals surface area contributed by atoms with Crippen LogP contribution in [0.2, 0.25) is 0 Å². The number of hydrogen-bond donors (Lipinski definition) is 2. The molecular weight excluding hydrogens is 324 g/mol. The number of nitrogens with zero attached hydrogens (tertiary/aromatic N) is 2. The predicted octanol–water partition coefficient (Wildman–Crippen LogP) is 2.39. The first-order valence-corrected chi connectivity index (χ1v) is 8.59. The first-order valence-electron chi connectivity index (χ1n) is 7.05. The molecule has 0 saturated carbocycles. The summed E-state index contributed by atoms with van der Waals surface area (Å²) >= 11 is 0. The minimum Gasteiger partial charge on any atom is -0.340 e. The number of pyridine rings is 2. The largest absolute Gasteiger partial charge is 0.340 e. The van der Waals surface area contributed by atoms with Gasteiger partial charge in [-0.15, -0.1) is 0 Å². The second-order valence-corrected chi connectivity index (χ2v) is 6.58. The van der Waals surface area contributed by atoms with E-state index in [9.17, 15) is 8.42 Å². The van der Waals surface area contributed by atoms with Crippen LogP contribution in [0, 0.1) is 11.8 Å². The second-order valence-electron chi connectivity index (χ2n) is 5.02. The van der Waals surface area contributed by atoms with E-state index in [1.54, 1.807) is 31.5 Å². The highest BCUT2D eigenvalue weighted by Crippen LogP contribution is 2.22. The first-order chi connectivity index (χ1) is 11.5. The van der Waals surface area contributed by atoms with Crippen molar-refractivity contribution in [3.63, 3.8) is 0 Å². The molecule has 2 heterocycles. The zero-order valence-corrected chi connectivity index (χ0v) is 13.6. The monoisotopic (exact) mass is 338 g/mol. The maximum atomic E-state index is 11.3. The molecule has 1 aromatic carbocycles. The molecule has 3 N–H and O–H groups in total. The van der Waals surface area contributed by atoms with Crippen molar-refractivity contribution in [2.75, 3.05) is 5.32 Å². The highest BCUT2D eigenvalue weighted by atomic mass is 32.2. The Hall–Kier alpha value is -2.95. The molecule has 0 atom stereocenters. The van der Waals surface area contributed by atoms with Crippen LogP contribution >= 0.6 is 0 Å². The number of anilines is 2. The van der Waals surface area contributed by atoms with Crippen LogP contribution in [0.15, 0.2) is 53.7 Å². The fourth-order valence-electron chi connectivity index (χ4n) is 2.23. The number of nitrogens with two attached hydrogens (primary N) is 1. The van der Waals surface area contributed by atoms with Gasteiger partial charge in [-0.25, -0.2) is 23.5 Å². The van der Waals surface area contributed by atoms with E-state index in [1.807, 2.05) is 12.1 Å². The van der Waals surface area contributed by atoms with Crippen molar-refractivity contribution in [2.45, 2.75) is 11.8 Å². The van der Waals surface area contributed by atoms with E-state index in [0.717, 1.165) is 10.8 Å². The van der Waals surface area contributed by atoms with Gasteiger partial charge >= 0.3 is 0 Å². The molecule has 0 bridgehead atoms. The minimum absolute atomic E-state index is 0.0595. The zero-order chi connectivity index (χ0) is 17.2. The molecule has 120 valence electrons. The number of rotatable bonds is 3. The standard InChI is InChI=1S/C17H14N4O2S/c1-2-3-16-15-10-17(20-11-12(15)8-9-19-16)21-13-4-6-14(7-5-13)24(18,22)23/h4-11H,1H3,(H,20,21)(H2,18,22,23). The summed E-state index contributed by atoms with van der Waals surface area (Å²) < 4.78 is 22.5. The van der Waals surface area contributed by atoms with Crippen molar-refractivity contribution >= 4 is 32.3 Å². The predicted molar refractivity (Wildman–Crippen MR) is 93.2 cm³/mol. The van der Waals surface area contributed by atoms with Gasteiger partial charge < -0.3 is 5.32 Å². The van der Waals surface area contributed by atoms with Gasteiger partial charge in [0.2, 0.25) is 10.0 Å². The van der Waals surface area contributed by atoms with Crippen LogP contribution < -0.4 is 10.5 Å². The number of nitrogens with one attached hydrogen (secondary N) is 1.